The van der Waals surface area contributed by atoms with Crippen LogP contribution in [0.5, 0.6) is 5.75 Å². The minimum absolute atomic E-state index is 0.0755. The molecule has 2 rings (SSSR count). The Labute approximate surface area is 92.4 Å². The van der Waals surface area contributed by atoms with Gasteiger partial charge in [0.2, 0.25) is 0 Å². The van der Waals surface area contributed by atoms with Gasteiger partial charge in [0.1, 0.15) is 11.5 Å². The molecule has 1 N–H and O–H groups in total. The fourth-order valence-electron chi connectivity index (χ4n) is 1.33. The molecule has 0 saturated heterocycles. The van der Waals surface area contributed by atoms with E-state index in [-0.39, 0.29) is 10.9 Å². The van der Waals surface area contributed by atoms with Crippen molar-refractivity contribution in [2.75, 3.05) is 0 Å². The molecule has 0 fully saturated rings. The van der Waals surface area contributed by atoms with Gasteiger partial charge in [-0.1, -0.05) is 41.9 Å². The third kappa shape index (κ3) is 1.92. The summed E-state index contributed by atoms with van der Waals surface area (Å²) in [6.45, 7) is 1.73. The molecule has 76 valence electrons. The maximum atomic E-state index is 9.72. The standard InChI is InChI=1S/C11H9ClN2O/c1-7-13-9(10(15)11(12)14-7)8-5-3-2-4-6-8/h2-6,15H,1H3. The molecule has 0 unspecified atom stereocenters. The monoisotopic (exact) mass is 220 g/mol. The van der Waals surface area contributed by atoms with Gasteiger partial charge < -0.3 is 5.11 Å². The Morgan fingerprint density at radius 3 is 2.47 bits per heavy atom. The van der Waals surface area contributed by atoms with Crippen LogP contribution in [0.3, 0.4) is 0 Å². The number of aromatic nitrogens is 2. The average molecular weight is 221 g/mol. The number of benzene rings is 1. The number of hydrogen-bond donors (Lipinski definition) is 1. The summed E-state index contributed by atoms with van der Waals surface area (Å²) in [5.41, 5.74) is 1.29. The number of nitrogens with zero attached hydrogens (tertiary/aromatic N) is 2. The van der Waals surface area contributed by atoms with Gasteiger partial charge in [0, 0.05) is 5.56 Å². The lowest BCUT2D eigenvalue weighted by atomic mass is 10.1. The highest BCUT2D eigenvalue weighted by Gasteiger charge is 2.11. The zero-order chi connectivity index (χ0) is 10.8. The lowest BCUT2D eigenvalue weighted by Gasteiger charge is -2.05. The second-order valence-electron chi connectivity index (χ2n) is 3.12. The fraction of sp³-hybridized carbons (Fsp3) is 0.0909. The Morgan fingerprint density at radius 2 is 1.80 bits per heavy atom. The quantitative estimate of drug-likeness (QED) is 0.752. The van der Waals surface area contributed by atoms with Gasteiger partial charge in [-0.3, -0.25) is 0 Å². The Morgan fingerprint density at radius 1 is 1.13 bits per heavy atom. The van der Waals surface area contributed by atoms with Crippen molar-refractivity contribution in [1.29, 1.82) is 0 Å². The molecule has 0 atom stereocenters. The Balaban J connectivity index is 2.63. The summed E-state index contributed by atoms with van der Waals surface area (Å²) in [5.74, 6) is 0.463. The third-order valence-corrected chi connectivity index (χ3v) is 2.26. The molecule has 4 heteroatoms. The van der Waals surface area contributed by atoms with Crippen LogP contribution >= 0.6 is 11.6 Å². The van der Waals surface area contributed by atoms with Crippen molar-refractivity contribution in [2.45, 2.75) is 6.92 Å². The first-order valence-electron chi connectivity index (χ1n) is 4.47. The number of rotatable bonds is 1. The van der Waals surface area contributed by atoms with E-state index in [2.05, 4.69) is 9.97 Å². The maximum Gasteiger partial charge on any atom is 0.179 e. The fourth-order valence-corrected chi connectivity index (χ4v) is 1.54. The first kappa shape index (κ1) is 9.93. The van der Waals surface area contributed by atoms with E-state index in [4.69, 9.17) is 11.6 Å². The molecule has 0 radical (unpaired) electrons. The van der Waals surface area contributed by atoms with E-state index in [1.54, 1.807) is 6.92 Å². The molecule has 0 aliphatic rings. The minimum Gasteiger partial charge on any atom is -0.503 e. The van der Waals surface area contributed by atoms with E-state index >= 15 is 0 Å². The first-order chi connectivity index (χ1) is 7.18. The molecule has 0 spiro atoms. The highest BCUT2D eigenvalue weighted by atomic mass is 35.5. The van der Waals surface area contributed by atoms with Gasteiger partial charge in [-0.25, -0.2) is 9.97 Å². The molecule has 1 heterocycles. The molecule has 0 aliphatic heterocycles. The number of aromatic hydroxyl groups is 1. The van der Waals surface area contributed by atoms with Gasteiger partial charge in [-0.05, 0) is 6.92 Å². The first-order valence-corrected chi connectivity index (χ1v) is 4.85. The zero-order valence-corrected chi connectivity index (χ0v) is 8.86. The lowest BCUT2D eigenvalue weighted by Crippen LogP contribution is -1.92. The molecule has 3 nitrogen and oxygen atoms in total. The summed E-state index contributed by atoms with van der Waals surface area (Å²) >= 11 is 5.77. The summed E-state index contributed by atoms with van der Waals surface area (Å²) in [6, 6.07) is 9.37. The van der Waals surface area contributed by atoms with Crippen LogP contribution < -0.4 is 0 Å². The Kier molecular flexibility index (Phi) is 2.56. The smallest absolute Gasteiger partial charge is 0.179 e. The van der Waals surface area contributed by atoms with Gasteiger partial charge in [-0.15, -0.1) is 0 Å². The van der Waals surface area contributed by atoms with Gasteiger partial charge in [0.25, 0.3) is 0 Å². The molecule has 0 amide bonds. The molecule has 0 aliphatic carbocycles. The van der Waals surface area contributed by atoms with Crippen LogP contribution in [0.4, 0.5) is 0 Å². The summed E-state index contributed by atoms with van der Waals surface area (Å²) in [5, 5.41) is 9.80. The Bertz CT molecular complexity index is 485. The topological polar surface area (TPSA) is 46.0 Å². The highest BCUT2D eigenvalue weighted by molar-refractivity contribution is 6.31. The van der Waals surface area contributed by atoms with E-state index in [0.29, 0.717) is 11.5 Å². The summed E-state index contributed by atoms with van der Waals surface area (Å²) in [4.78, 5) is 8.02. The van der Waals surface area contributed by atoms with E-state index in [1.165, 1.54) is 0 Å². The number of hydrogen-bond acceptors (Lipinski definition) is 3. The van der Waals surface area contributed by atoms with Crippen LogP contribution in [-0.4, -0.2) is 15.1 Å². The second-order valence-corrected chi connectivity index (χ2v) is 3.48. The summed E-state index contributed by atoms with van der Waals surface area (Å²) in [7, 11) is 0. The van der Waals surface area contributed by atoms with Crippen molar-refractivity contribution in [3.05, 3.63) is 41.3 Å². The molecule has 1 aromatic heterocycles. The molecule has 1 aromatic carbocycles. The number of halogens is 1. The van der Waals surface area contributed by atoms with Crippen molar-refractivity contribution < 1.29 is 5.11 Å². The van der Waals surface area contributed by atoms with Crippen molar-refractivity contribution >= 4 is 11.6 Å². The third-order valence-electron chi connectivity index (χ3n) is 2.00. The van der Waals surface area contributed by atoms with Crippen molar-refractivity contribution in [2.24, 2.45) is 0 Å². The molecular formula is C11H9ClN2O. The molecule has 15 heavy (non-hydrogen) atoms. The predicted molar refractivity (Wildman–Crippen MR) is 58.9 cm³/mol. The molecule has 0 saturated carbocycles. The van der Waals surface area contributed by atoms with Crippen molar-refractivity contribution in [3.63, 3.8) is 0 Å². The van der Waals surface area contributed by atoms with Crippen LogP contribution in [-0.2, 0) is 0 Å². The van der Waals surface area contributed by atoms with Gasteiger partial charge >= 0.3 is 0 Å². The average Bonchev–Trinajstić information content (AvgIpc) is 2.24. The van der Waals surface area contributed by atoms with Crippen molar-refractivity contribution in [3.8, 4) is 17.0 Å². The zero-order valence-electron chi connectivity index (χ0n) is 8.11. The lowest BCUT2D eigenvalue weighted by molar-refractivity contribution is 0.471. The van der Waals surface area contributed by atoms with E-state index in [1.807, 2.05) is 30.3 Å². The maximum absolute atomic E-state index is 9.72. The van der Waals surface area contributed by atoms with Crippen LogP contribution in [0, 0.1) is 6.92 Å². The minimum atomic E-state index is -0.0755. The van der Waals surface area contributed by atoms with Gasteiger partial charge in [-0.2, -0.15) is 0 Å². The Hall–Kier alpha value is -1.61. The SMILES string of the molecule is Cc1nc(Cl)c(O)c(-c2ccccc2)n1. The van der Waals surface area contributed by atoms with Crippen LogP contribution in [0.25, 0.3) is 11.3 Å². The van der Waals surface area contributed by atoms with E-state index in [9.17, 15) is 5.11 Å². The van der Waals surface area contributed by atoms with E-state index in [0.717, 1.165) is 5.56 Å². The second kappa shape index (κ2) is 3.87. The largest absolute Gasteiger partial charge is 0.503 e. The van der Waals surface area contributed by atoms with Crippen LogP contribution in [0.1, 0.15) is 5.82 Å². The number of aryl methyl sites for hydroxylation is 1. The van der Waals surface area contributed by atoms with Gasteiger partial charge in [0.15, 0.2) is 10.9 Å². The van der Waals surface area contributed by atoms with E-state index < -0.39 is 0 Å². The molecule has 0 bridgehead atoms. The molecular weight excluding hydrogens is 212 g/mol. The van der Waals surface area contributed by atoms with Crippen LogP contribution in [0.2, 0.25) is 5.15 Å². The van der Waals surface area contributed by atoms with Crippen molar-refractivity contribution in [1.82, 2.24) is 9.97 Å². The summed E-state index contributed by atoms with van der Waals surface area (Å²) in [6.07, 6.45) is 0. The molecule has 2 aromatic rings. The predicted octanol–water partition coefficient (Wildman–Crippen LogP) is 2.81. The van der Waals surface area contributed by atoms with Gasteiger partial charge in [0.05, 0.1) is 0 Å². The normalized spacial score (nSPS) is 10.3. The highest BCUT2D eigenvalue weighted by Crippen LogP contribution is 2.31. The summed E-state index contributed by atoms with van der Waals surface area (Å²) < 4.78 is 0. The van der Waals surface area contributed by atoms with Crippen LogP contribution in [0.15, 0.2) is 30.3 Å².